The second-order valence-electron chi connectivity index (χ2n) is 5.23. The van der Waals surface area contributed by atoms with E-state index in [1.807, 2.05) is 23.1 Å². The average Bonchev–Trinajstić information content (AvgIpc) is 2.63. The third kappa shape index (κ3) is 3.44. The average molecular weight is 297 g/mol. The normalized spacial score (nSPS) is 17.8. The van der Waals surface area contributed by atoms with Gasteiger partial charge in [0.1, 0.15) is 0 Å². The first-order valence-corrected chi connectivity index (χ1v) is 7.35. The van der Waals surface area contributed by atoms with Crippen molar-refractivity contribution in [1.82, 2.24) is 4.90 Å². The number of hydrogen-bond acceptors (Lipinski definition) is 3. The molecule has 4 nitrogen and oxygen atoms in total. The number of aliphatic hydroxyl groups is 1. The lowest BCUT2D eigenvalue weighted by Gasteiger charge is -2.24. The van der Waals surface area contributed by atoms with Crippen molar-refractivity contribution < 1.29 is 9.90 Å². The van der Waals surface area contributed by atoms with Crippen molar-refractivity contribution in [2.75, 3.05) is 31.1 Å². The van der Waals surface area contributed by atoms with Crippen LogP contribution in [0.3, 0.4) is 0 Å². The van der Waals surface area contributed by atoms with Crippen molar-refractivity contribution in [3.05, 3.63) is 28.8 Å². The van der Waals surface area contributed by atoms with Gasteiger partial charge in [0.05, 0.1) is 6.10 Å². The minimum atomic E-state index is -0.561. The molecule has 2 rings (SSSR count). The molecule has 110 valence electrons. The van der Waals surface area contributed by atoms with Gasteiger partial charge in [0, 0.05) is 43.8 Å². The predicted molar refractivity (Wildman–Crippen MR) is 81.2 cm³/mol. The number of rotatable bonds is 2. The fourth-order valence-corrected chi connectivity index (χ4v) is 2.87. The van der Waals surface area contributed by atoms with Crippen LogP contribution in [0.25, 0.3) is 0 Å². The lowest BCUT2D eigenvalue weighted by molar-refractivity contribution is -0.128. The monoisotopic (exact) mass is 296 g/mol. The van der Waals surface area contributed by atoms with E-state index in [2.05, 4.69) is 4.90 Å². The number of anilines is 1. The Bertz CT molecular complexity index is 491. The summed E-state index contributed by atoms with van der Waals surface area (Å²) in [4.78, 5) is 15.5. The molecule has 20 heavy (non-hydrogen) atoms. The van der Waals surface area contributed by atoms with Gasteiger partial charge in [0.25, 0.3) is 0 Å². The van der Waals surface area contributed by atoms with Crippen molar-refractivity contribution in [2.45, 2.75) is 26.4 Å². The number of aliphatic hydroxyl groups excluding tert-OH is 1. The van der Waals surface area contributed by atoms with Crippen LogP contribution in [0.4, 0.5) is 5.69 Å². The van der Waals surface area contributed by atoms with Crippen LogP contribution in [-0.2, 0) is 4.79 Å². The van der Waals surface area contributed by atoms with Crippen molar-refractivity contribution in [3.8, 4) is 0 Å². The summed E-state index contributed by atoms with van der Waals surface area (Å²) in [6.45, 7) is 6.59. The highest BCUT2D eigenvalue weighted by Crippen LogP contribution is 2.28. The van der Waals surface area contributed by atoms with Gasteiger partial charge in [0.2, 0.25) is 5.91 Å². The van der Waals surface area contributed by atoms with E-state index in [4.69, 9.17) is 11.6 Å². The van der Waals surface area contributed by atoms with Crippen LogP contribution in [0.5, 0.6) is 0 Å². The van der Waals surface area contributed by atoms with Gasteiger partial charge in [-0.25, -0.2) is 0 Å². The smallest absolute Gasteiger partial charge is 0.219 e. The van der Waals surface area contributed by atoms with Gasteiger partial charge in [-0.05, 0) is 31.0 Å². The summed E-state index contributed by atoms with van der Waals surface area (Å²) in [6, 6.07) is 5.75. The predicted octanol–water partition coefficient (Wildman–Crippen LogP) is 2.45. The van der Waals surface area contributed by atoms with Gasteiger partial charge in [-0.3, -0.25) is 4.79 Å². The minimum Gasteiger partial charge on any atom is -0.389 e. The Labute approximate surface area is 124 Å². The molecular formula is C15H21ClN2O2. The van der Waals surface area contributed by atoms with Crippen LogP contribution >= 0.6 is 11.6 Å². The fourth-order valence-electron chi connectivity index (χ4n) is 2.54. The second kappa shape index (κ2) is 6.46. The lowest BCUT2D eigenvalue weighted by Crippen LogP contribution is -2.33. The standard InChI is InChI=1S/C15H21ClN2O2/c1-11(19)14-5-4-13(10-15(14)16)18-7-3-6-17(8-9-18)12(2)20/h4-5,10-11,19H,3,6-9H2,1-2H3. The van der Waals surface area contributed by atoms with E-state index in [1.54, 1.807) is 13.8 Å². The Balaban J connectivity index is 2.12. The summed E-state index contributed by atoms with van der Waals surface area (Å²) < 4.78 is 0. The molecule has 1 amide bonds. The minimum absolute atomic E-state index is 0.134. The molecule has 1 aliphatic rings. The molecule has 1 aromatic rings. The summed E-state index contributed by atoms with van der Waals surface area (Å²) in [5.41, 5.74) is 1.79. The Kier molecular flexibility index (Phi) is 4.89. The molecule has 1 saturated heterocycles. The zero-order valence-corrected chi connectivity index (χ0v) is 12.7. The van der Waals surface area contributed by atoms with Crippen LogP contribution < -0.4 is 4.90 Å². The SMILES string of the molecule is CC(=O)N1CCCN(c2ccc(C(C)O)c(Cl)c2)CC1. The van der Waals surface area contributed by atoms with Gasteiger partial charge in [0.15, 0.2) is 0 Å². The summed E-state index contributed by atoms with van der Waals surface area (Å²) in [7, 11) is 0. The molecule has 1 aromatic carbocycles. The number of amides is 1. The molecule has 0 saturated carbocycles. The lowest BCUT2D eigenvalue weighted by atomic mass is 10.1. The zero-order chi connectivity index (χ0) is 14.7. The molecule has 1 heterocycles. The van der Waals surface area contributed by atoms with Crippen LogP contribution in [0.15, 0.2) is 18.2 Å². The highest BCUT2D eigenvalue weighted by molar-refractivity contribution is 6.31. The topological polar surface area (TPSA) is 43.8 Å². The number of carbonyl (C=O) groups excluding carboxylic acids is 1. The van der Waals surface area contributed by atoms with Crippen LogP contribution in [0.1, 0.15) is 31.9 Å². The van der Waals surface area contributed by atoms with E-state index < -0.39 is 6.10 Å². The Hall–Kier alpha value is -1.26. The number of hydrogen-bond donors (Lipinski definition) is 1. The van der Waals surface area contributed by atoms with E-state index in [-0.39, 0.29) is 5.91 Å². The van der Waals surface area contributed by atoms with Crippen LogP contribution in [0, 0.1) is 0 Å². The second-order valence-corrected chi connectivity index (χ2v) is 5.64. The van der Waals surface area contributed by atoms with E-state index in [9.17, 15) is 9.90 Å². The van der Waals surface area contributed by atoms with Gasteiger partial charge in [-0.1, -0.05) is 17.7 Å². The van der Waals surface area contributed by atoms with Gasteiger partial charge in [-0.2, -0.15) is 0 Å². The molecule has 1 N–H and O–H groups in total. The summed E-state index contributed by atoms with van der Waals surface area (Å²) >= 11 is 6.21. The first-order chi connectivity index (χ1) is 9.49. The molecule has 0 bridgehead atoms. The van der Waals surface area contributed by atoms with Crippen LogP contribution in [0.2, 0.25) is 5.02 Å². The van der Waals surface area contributed by atoms with Gasteiger partial charge < -0.3 is 14.9 Å². The van der Waals surface area contributed by atoms with Crippen molar-refractivity contribution in [3.63, 3.8) is 0 Å². The number of nitrogens with zero attached hydrogens (tertiary/aromatic N) is 2. The molecule has 1 atom stereocenters. The first-order valence-electron chi connectivity index (χ1n) is 6.97. The van der Waals surface area contributed by atoms with E-state index in [0.717, 1.165) is 43.9 Å². The third-order valence-electron chi connectivity index (χ3n) is 3.74. The van der Waals surface area contributed by atoms with Gasteiger partial charge >= 0.3 is 0 Å². The highest BCUT2D eigenvalue weighted by atomic mass is 35.5. The molecule has 1 unspecified atom stereocenters. The molecule has 5 heteroatoms. The number of benzene rings is 1. The molecule has 0 radical (unpaired) electrons. The summed E-state index contributed by atoms with van der Waals surface area (Å²) in [5.74, 6) is 0.134. The third-order valence-corrected chi connectivity index (χ3v) is 4.07. The maximum Gasteiger partial charge on any atom is 0.219 e. The molecule has 1 fully saturated rings. The largest absolute Gasteiger partial charge is 0.389 e. The fraction of sp³-hybridized carbons (Fsp3) is 0.533. The van der Waals surface area contributed by atoms with E-state index >= 15 is 0 Å². The maximum absolute atomic E-state index is 11.4. The molecular weight excluding hydrogens is 276 g/mol. The molecule has 0 aliphatic carbocycles. The van der Waals surface area contributed by atoms with Crippen molar-refractivity contribution in [1.29, 1.82) is 0 Å². The summed E-state index contributed by atoms with van der Waals surface area (Å²) in [5, 5.41) is 10.2. The molecule has 0 spiro atoms. The van der Waals surface area contributed by atoms with Gasteiger partial charge in [-0.15, -0.1) is 0 Å². The van der Waals surface area contributed by atoms with E-state index in [1.165, 1.54) is 0 Å². The molecule has 1 aliphatic heterocycles. The maximum atomic E-state index is 11.4. The number of carbonyl (C=O) groups is 1. The molecule has 0 aromatic heterocycles. The Morgan fingerprint density at radius 2 is 2.05 bits per heavy atom. The van der Waals surface area contributed by atoms with Crippen LogP contribution in [-0.4, -0.2) is 42.1 Å². The highest BCUT2D eigenvalue weighted by Gasteiger charge is 2.17. The Morgan fingerprint density at radius 1 is 1.30 bits per heavy atom. The van der Waals surface area contributed by atoms with Crippen molar-refractivity contribution >= 4 is 23.2 Å². The summed E-state index contributed by atoms with van der Waals surface area (Å²) in [6.07, 6.45) is 0.393. The van der Waals surface area contributed by atoms with Crippen molar-refractivity contribution in [2.24, 2.45) is 0 Å². The quantitative estimate of drug-likeness (QED) is 0.912. The first kappa shape index (κ1) is 15.1. The zero-order valence-electron chi connectivity index (χ0n) is 12.0. The Morgan fingerprint density at radius 3 is 2.65 bits per heavy atom. The van der Waals surface area contributed by atoms with E-state index in [0.29, 0.717) is 5.02 Å². The number of halogens is 1.